The number of amides is 3. The molecule has 1 heterocycles. The Bertz CT molecular complexity index is 670. The van der Waals surface area contributed by atoms with Crippen LogP contribution in [0.4, 0.5) is 10.5 Å². The molecule has 2 aromatic rings. The van der Waals surface area contributed by atoms with Crippen LogP contribution in [0.5, 0.6) is 0 Å². The number of rotatable bonds is 5. The van der Waals surface area contributed by atoms with Crippen molar-refractivity contribution < 1.29 is 9.59 Å². The van der Waals surface area contributed by atoms with E-state index in [4.69, 9.17) is 0 Å². The highest BCUT2D eigenvalue weighted by molar-refractivity contribution is 7.10. The molecular weight excluding hydrogens is 310 g/mol. The summed E-state index contributed by atoms with van der Waals surface area (Å²) < 4.78 is 0. The van der Waals surface area contributed by atoms with E-state index in [1.54, 1.807) is 23.3 Å². The molecule has 0 aliphatic rings. The smallest absolute Gasteiger partial charge is 0.317 e. The number of carbonyl (C=O) groups is 2. The van der Waals surface area contributed by atoms with Gasteiger partial charge >= 0.3 is 6.03 Å². The van der Waals surface area contributed by atoms with Gasteiger partial charge in [-0.25, -0.2) is 4.79 Å². The number of urea groups is 1. The van der Waals surface area contributed by atoms with Crippen LogP contribution in [-0.4, -0.2) is 23.9 Å². The van der Waals surface area contributed by atoms with E-state index in [1.807, 2.05) is 48.7 Å². The van der Waals surface area contributed by atoms with Crippen LogP contribution in [0.1, 0.15) is 30.3 Å². The van der Waals surface area contributed by atoms with Crippen LogP contribution in [0.3, 0.4) is 0 Å². The second kappa shape index (κ2) is 7.78. The van der Waals surface area contributed by atoms with Crippen molar-refractivity contribution in [3.8, 4) is 0 Å². The first kappa shape index (κ1) is 17.0. The van der Waals surface area contributed by atoms with Gasteiger partial charge in [0.05, 0.1) is 6.04 Å². The Labute approximate surface area is 140 Å². The molecule has 1 aromatic carbocycles. The topological polar surface area (TPSA) is 61.4 Å². The number of thiophene rings is 1. The van der Waals surface area contributed by atoms with Crippen LogP contribution in [0.25, 0.3) is 0 Å². The molecule has 2 N–H and O–H groups in total. The molecule has 1 aromatic heterocycles. The number of nitrogens with zero attached hydrogens (tertiary/aromatic N) is 1. The van der Waals surface area contributed by atoms with Crippen molar-refractivity contribution in [1.82, 2.24) is 10.2 Å². The molecule has 3 amide bonds. The molecular formula is C17H21N3O2S. The molecule has 0 aliphatic carbocycles. The highest BCUT2D eigenvalue weighted by atomic mass is 32.1. The standard InChI is InChI=1S/C17H21N3O2S/c1-12(16-8-5-9-23-16)20(3)17(22)18-11-14-6-4-7-15(10-14)19-13(2)21/h4-10,12H,11H2,1-3H3,(H,18,22)(H,19,21). The summed E-state index contributed by atoms with van der Waals surface area (Å²) >= 11 is 1.64. The Morgan fingerprint density at radius 3 is 2.70 bits per heavy atom. The van der Waals surface area contributed by atoms with E-state index < -0.39 is 0 Å². The van der Waals surface area contributed by atoms with E-state index in [9.17, 15) is 9.59 Å². The molecule has 5 nitrogen and oxygen atoms in total. The molecule has 0 bridgehead atoms. The highest BCUT2D eigenvalue weighted by Gasteiger charge is 2.17. The average Bonchev–Trinajstić information content (AvgIpc) is 3.05. The van der Waals surface area contributed by atoms with E-state index in [0.29, 0.717) is 6.54 Å². The van der Waals surface area contributed by atoms with Crippen LogP contribution in [0.2, 0.25) is 0 Å². The molecule has 1 unspecified atom stereocenters. The number of anilines is 1. The summed E-state index contributed by atoms with van der Waals surface area (Å²) in [5.74, 6) is -0.115. The summed E-state index contributed by atoms with van der Waals surface area (Å²) in [5.41, 5.74) is 1.66. The molecule has 2 rings (SSSR count). The Morgan fingerprint density at radius 2 is 2.04 bits per heavy atom. The van der Waals surface area contributed by atoms with E-state index in [0.717, 1.165) is 16.1 Å². The molecule has 0 spiro atoms. The molecule has 23 heavy (non-hydrogen) atoms. The number of hydrogen-bond acceptors (Lipinski definition) is 3. The number of nitrogens with one attached hydrogen (secondary N) is 2. The zero-order valence-corrected chi connectivity index (χ0v) is 14.3. The van der Waals surface area contributed by atoms with Crippen molar-refractivity contribution in [3.63, 3.8) is 0 Å². The van der Waals surface area contributed by atoms with E-state index in [-0.39, 0.29) is 18.0 Å². The fourth-order valence-electron chi connectivity index (χ4n) is 2.16. The quantitative estimate of drug-likeness (QED) is 0.879. The maximum absolute atomic E-state index is 12.3. The number of hydrogen-bond donors (Lipinski definition) is 2. The number of carbonyl (C=O) groups excluding carboxylic acids is 2. The molecule has 0 radical (unpaired) electrons. The zero-order chi connectivity index (χ0) is 16.8. The van der Waals surface area contributed by atoms with Crippen LogP contribution < -0.4 is 10.6 Å². The predicted octanol–water partition coefficient (Wildman–Crippen LogP) is 3.61. The fraction of sp³-hybridized carbons (Fsp3) is 0.294. The second-order valence-corrected chi connectivity index (χ2v) is 6.32. The summed E-state index contributed by atoms with van der Waals surface area (Å²) in [6.07, 6.45) is 0. The van der Waals surface area contributed by atoms with Crippen molar-refractivity contribution in [1.29, 1.82) is 0 Å². The normalized spacial score (nSPS) is 11.6. The number of benzene rings is 1. The Kier molecular flexibility index (Phi) is 5.76. The van der Waals surface area contributed by atoms with Crippen molar-refractivity contribution in [3.05, 3.63) is 52.2 Å². The first-order chi connectivity index (χ1) is 11.0. The average molecular weight is 331 g/mol. The second-order valence-electron chi connectivity index (χ2n) is 5.34. The monoisotopic (exact) mass is 331 g/mol. The lowest BCUT2D eigenvalue weighted by molar-refractivity contribution is -0.114. The SMILES string of the molecule is CC(=O)Nc1cccc(CNC(=O)N(C)C(C)c2cccs2)c1. The lowest BCUT2D eigenvalue weighted by Gasteiger charge is -2.24. The molecule has 0 saturated heterocycles. The molecule has 122 valence electrons. The third-order valence-corrected chi connectivity index (χ3v) is 4.59. The lowest BCUT2D eigenvalue weighted by Crippen LogP contribution is -2.38. The van der Waals surface area contributed by atoms with Gasteiger partial charge in [-0.1, -0.05) is 18.2 Å². The molecule has 6 heteroatoms. The minimum Gasteiger partial charge on any atom is -0.334 e. The van der Waals surface area contributed by atoms with E-state index in [1.165, 1.54) is 6.92 Å². The molecule has 1 atom stereocenters. The van der Waals surface area contributed by atoms with Gasteiger partial charge in [-0.2, -0.15) is 0 Å². The van der Waals surface area contributed by atoms with Gasteiger partial charge < -0.3 is 15.5 Å². The summed E-state index contributed by atoms with van der Waals surface area (Å²) in [6, 6.07) is 11.3. The zero-order valence-electron chi connectivity index (χ0n) is 13.5. The molecule has 0 saturated carbocycles. The van der Waals surface area contributed by atoms with Gasteiger partial charge in [0.2, 0.25) is 5.91 Å². The van der Waals surface area contributed by atoms with Gasteiger partial charge in [0.1, 0.15) is 0 Å². The summed E-state index contributed by atoms with van der Waals surface area (Å²) in [4.78, 5) is 26.2. The van der Waals surface area contributed by atoms with Crippen molar-refractivity contribution >= 4 is 29.0 Å². The maximum atomic E-state index is 12.3. The Balaban J connectivity index is 1.92. The molecule has 0 aliphatic heterocycles. The summed E-state index contributed by atoms with van der Waals surface area (Å²) in [6.45, 7) is 3.88. The van der Waals surface area contributed by atoms with Gasteiger partial charge in [-0.15, -0.1) is 11.3 Å². The summed E-state index contributed by atoms with van der Waals surface area (Å²) in [7, 11) is 1.79. The van der Waals surface area contributed by atoms with Crippen molar-refractivity contribution in [2.24, 2.45) is 0 Å². The fourth-order valence-corrected chi connectivity index (χ4v) is 2.99. The van der Waals surface area contributed by atoms with Crippen molar-refractivity contribution in [2.75, 3.05) is 12.4 Å². The van der Waals surface area contributed by atoms with Crippen LogP contribution >= 0.6 is 11.3 Å². The van der Waals surface area contributed by atoms with Gasteiger partial charge in [-0.3, -0.25) is 4.79 Å². The Hall–Kier alpha value is -2.34. The van der Waals surface area contributed by atoms with E-state index >= 15 is 0 Å². The van der Waals surface area contributed by atoms with Gasteiger partial charge in [0, 0.05) is 31.1 Å². The maximum Gasteiger partial charge on any atom is 0.317 e. The lowest BCUT2D eigenvalue weighted by atomic mass is 10.2. The van der Waals surface area contributed by atoms with Gasteiger partial charge in [0.25, 0.3) is 0 Å². The van der Waals surface area contributed by atoms with E-state index in [2.05, 4.69) is 10.6 Å². The molecule has 0 fully saturated rings. The van der Waals surface area contributed by atoms with Crippen LogP contribution in [-0.2, 0) is 11.3 Å². The predicted molar refractivity (Wildman–Crippen MR) is 93.5 cm³/mol. The van der Waals surface area contributed by atoms with Gasteiger partial charge in [-0.05, 0) is 36.1 Å². The first-order valence-corrected chi connectivity index (χ1v) is 8.26. The highest BCUT2D eigenvalue weighted by Crippen LogP contribution is 2.23. The third kappa shape index (κ3) is 4.82. The minimum atomic E-state index is -0.129. The van der Waals surface area contributed by atoms with Crippen molar-refractivity contribution in [2.45, 2.75) is 26.4 Å². The van der Waals surface area contributed by atoms with Gasteiger partial charge in [0.15, 0.2) is 0 Å². The summed E-state index contributed by atoms with van der Waals surface area (Å²) in [5, 5.41) is 7.64. The third-order valence-electron chi connectivity index (χ3n) is 3.55. The van der Waals surface area contributed by atoms with Crippen LogP contribution in [0.15, 0.2) is 41.8 Å². The first-order valence-electron chi connectivity index (χ1n) is 7.38. The van der Waals surface area contributed by atoms with Crippen LogP contribution in [0, 0.1) is 0 Å². The minimum absolute atomic E-state index is 0.0284. The largest absolute Gasteiger partial charge is 0.334 e. The Morgan fingerprint density at radius 1 is 1.26 bits per heavy atom.